The third-order valence-electron chi connectivity index (χ3n) is 8.25. The van der Waals surface area contributed by atoms with Crippen molar-refractivity contribution in [2.45, 2.75) is 12.2 Å². The molecule has 1 aliphatic carbocycles. The molecule has 2 atom stereocenters. The molecule has 0 saturated carbocycles. The van der Waals surface area contributed by atoms with Gasteiger partial charge in [-0.05, 0) is 38.6 Å². The van der Waals surface area contributed by atoms with E-state index in [4.69, 9.17) is 15.0 Å². The minimum absolute atomic E-state index is 0.122. The minimum atomic E-state index is -0.253. The first kappa shape index (κ1) is 25.1. The topological polar surface area (TPSA) is 49.1 Å². The summed E-state index contributed by atoms with van der Waals surface area (Å²) in [6.45, 7) is 0. The lowest BCUT2D eigenvalue weighted by Gasteiger charge is -2.24. The minimum Gasteiger partial charge on any atom is -0.344 e. The SMILES string of the molecule is C1=CC2=C(c3ccc(-c4ccc(C5N=C(c6ccccc6)N=C(c6ccccc6)N5)cc4)c4ccccc34)C=NC2C=C1. The highest BCUT2D eigenvalue weighted by atomic mass is 15.2. The molecule has 5 aromatic carbocycles. The van der Waals surface area contributed by atoms with Gasteiger partial charge in [0.15, 0.2) is 5.84 Å². The number of nitrogens with one attached hydrogen (secondary N) is 1. The highest BCUT2D eigenvalue weighted by Crippen LogP contribution is 2.38. The van der Waals surface area contributed by atoms with Crippen LogP contribution in [0.2, 0.25) is 0 Å². The van der Waals surface area contributed by atoms with Crippen molar-refractivity contribution in [1.82, 2.24) is 5.32 Å². The molecule has 0 spiro atoms. The lowest BCUT2D eigenvalue weighted by Crippen LogP contribution is -2.33. The summed E-state index contributed by atoms with van der Waals surface area (Å²) >= 11 is 0. The Morgan fingerprint density at radius 3 is 2.02 bits per heavy atom. The molecule has 4 heteroatoms. The second kappa shape index (κ2) is 10.7. The summed E-state index contributed by atoms with van der Waals surface area (Å²) in [5.74, 6) is 1.55. The van der Waals surface area contributed by atoms with Crippen LogP contribution in [0.25, 0.3) is 27.5 Å². The molecule has 0 aromatic heterocycles. The van der Waals surface area contributed by atoms with Gasteiger partial charge in [-0.25, -0.2) is 9.98 Å². The smallest absolute Gasteiger partial charge is 0.159 e. The monoisotopic (exact) mass is 552 g/mol. The van der Waals surface area contributed by atoms with E-state index in [1.54, 1.807) is 0 Å². The highest BCUT2D eigenvalue weighted by molar-refractivity contribution is 6.20. The maximum absolute atomic E-state index is 5.03. The number of hydrogen-bond donors (Lipinski definition) is 1. The maximum atomic E-state index is 5.03. The average Bonchev–Trinajstić information content (AvgIpc) is 3.52. The zero-order valence-electron chi connectivity index (χ0n) is 23.4. The van der Waals surface area contributed by atoms with E-state index in [0.717, 1.165) is 28.4 Å². The van der Waals surface area contributed by atoms with Crippen LogP contribution in [-0.2, 0) is 0 Å². The molecule has 204 valence electrons. The number of nitrogens with zero attached hydrogens (tertiary/aromatic N) is 3. The summed E-state index contributed by atoms with van der Waals surface area (Å²) in [5.41, 5.74) is 9.18. The fraction of sp³-hybridized carbons (Fsp3) is 0.0513. The molecule has 2 unspecified atom stereocenters. The van der Waals surface area contributed by atoms with Crippen LogP contribution in [0.3, 0.4) is 0 Å². The number of fused-ring (bicyclic) bond motifs is 2. The van der Waals surface area contributed by atoms with E-state index in [0.29, 0.717) is 0 Å². The van der Waals surface area contributed by atoms with Crippen LogP contribution in [0, 0.1) is 0 Å². The molecule has 5 aromatic rings. The molecular weight excluding hydrogens is 524 g/mol. The van der Waals surface area contributed by atoms with Crippen molar-refractivity contribution in [1.29, 1.82) is 0 Å². The first-order chi connectivity index (χ1) is 21.3. The largest absolute Gasteiger partial charge is 0.344 e. The number of hydrogen-bond acceptors (Lipinski definition) is 4. The highest BCUT2D eigenvalue weighted by Gasteiger charge is 2.23. The number of allylic oxidation sites excluding steroid dienone is 3. The van der Waals surface area contributed by atoms with Gasteiger partial charge in [-0.2, -0.15) is 0 Å². The lowest BCUT2D eigenvalue weighted by molar-refractivity contribution is 0.674. The lowest BCUT2D eigenvalue weighted by atomic mass is 9.89. The second-order valence-electron chi connectivity index (χ2n) is 10.9. The van der Waals surface area contributed by atoms with E-state index in [-0.39, 0.29) is 12.2 Å². The van der Waals surface area contributed by atoms with Crippen molar-refractivity contribution in [2.75, 3.05) is 0 Å². The van der Waals surface area contributed by atoms with Crippen molar-refractivity contribution in [3.8, 4) is 11.1 Å². The molecule has 0 bridgehead atoms. The van der Waals surface area contributed by atoms with Gasteiger partial charge in [0, 0.05) is 22.9 Å². The molecule has 43 heavy (non-hydrogen) atoms. The molecule has 8 rings (SSSR count). The Labute approximate surface area is 250 Å². The van der Waals surface area contributed by atoms with Crippen LogP contribution in [0.15, 0.2) is 166 Å². The van der Waals surface area contributed by atoms with Gasteiger partial charge in [0.05, 0.1) is 6.04 Å². The van der Waals surface area contributed by atoms with Crippen LogP contribution in [0.1, 0.15) is 28.4 Å². The summed E-state index contributed by atoms with van der Waals surface area (Å²) in [6.07, 6.45) is 10.3. The molecule has 3 aliphatic rings. The molecule has 0 saturated heterocycles. The number of rotatable bonds is 5. The fourth-order valence-corrected chi connectivity index (χ4v) is 6.07. The van der Waals surface area contributed by atoms with Gasteiger partial charge in [-0.15, -0.1) is 0 Å². The van der Waals surface area contributed by atoms with E-state index < -0.39 is 0 Å². The van der Waals surface area contributed by atoms with Gasteiger partial charge in [-0.1, -0.05) is 146 Å². The zero-order chi connectivity index (χ0) is 28.6. The molecule has 0 radical (unpaired) electrons. The fourth-order valence-electron chi connectivity index (χ4n) is 6.07. The van der Waals surface area contributed by atoms with E-state index in [2.05, 4.69) is 115 Å². The van der Waals surface area contributed by atoms with Crippen LogP contribution in [-0.4, -0.2) is 23.9 Å². The summed E-state index contributed by atoms with van der Waals surface area (Å²) in [5, 5.41) is 6.03. The third-order valence-corrected chi connectivity index (χ3v) is 8.25. The van der Waals surface area contributed by atoms with E-state index in [1.807, 2.05) is 42.6 Å². The Bertz CT molecular complexity index is 2030. The number of aliphatic imine (C=N–C) groups is 3. The Balaban J connectivity index is 1.16. The summed E-state index contributed by atoms with van der Waals surface area (Å²) in [6, 6.07) is 42.4. The molecule has 4 nitrogen and oxygen atoms in total. The number of amidine groups is 2. The van der Waals surface area contributed by atoms with Crippen LogP contribution < -0.4 is 5.32 Å². The Kier molecular flexibility index (Phi) is 6.23. The Morgan fingerprint density at radius 1 is 0.581 bits per heavy atom. The van der Waals surface area contributed by atoms with Gasteiger partial charge < -0.3 is 5.32 Å². The van der Waals surface area contributed by atoms with Crippen molar-refractivity contribution in [3.63, 3.8) is 0 Å². The standard InChI is InChI=1S/C39H28N4/c1-3-11-27(12-4-1)37-41-38(28-13-5-2-6-14-28)43-39(42-37)29-21-19-26(20-22-29)30-23-24-33(32-16-8-7-15-31(30)32)35-25-40-36-18-10-9-17-34(35)36/h1-25,36,39H,(H,41,42,43). The van der Waals surface area contributed by atoms with Gasteiger partial charge in [0.25, 0.3) is 0 Å². The zero-order valence-corrected chi connectivity index (χ0v) is 23.4. The molecule has 2 aliphatic heterocycles. The van der Waals surface area contributed by atoms with Crippen molar-refractivity contribution in [2.24, 2.45) is 15.0 Å². The van der Waals surface area contributed by atoms with Crippen molar-refractivity contribution in [3.05, 3.63) is 173 Å². The molecule has 1 N–H and O–H groups in total. The predicted molar refractivity (Wildman–Crippen MR) is 179 cm³/mol. The molecule has 0 amide bonds. The first-order valence-corrected chi connectivity index (χ1v) is 14.6. The van der Waals surface area contributed by atoms with E-state index >= 15 is 0 Å². The van der Waals surface area contributed by atoms with Gasteiger partial charge in [0.1, 0.15) is 12.0 Å². The van der Waals surface area contributed by atoms with E-state index in [9.17, 15) is 0 Å². The number of benzene rings is 5. The van der Waals surface area contributed by atoms with E-state index in [1.165, 1.54) is 38.6 Å². The predicted octanol–water partition coefficient (Wildman–Crippen LogP) is 8.33. The van der Waals surface area contributed by atoms with Crippen LogP contribution >= 0.6 is 0 Å². The molecular formula is C39H28N4. The molecule has 2 heterocycles. The summed E-state index contributed by atoms with van der Waals surface area (Å²) in [4.78, 5) is 14.7. The quantitative estimate of drug-likeness (QED) is 0.234. The van der Waals surface area contributed by atoms with Crippen molar-refractivity contribution < 1.29 is 0 Å². The van der Waals surface area contributed by atoms with Crippen LogP contribution in [0.5, 0.6) is 0 Å². The second-order valence-corrected chi connectivity index (χ2v) is 10.9. The Morgan fingerprint density at radius 2 is 1.26 bits per heavy atom. The first-order valence-electron chi connectivity index (χ1n) is 14.6. The molecule has 0 fully saturated rings. The maximum Gasteiger partial charge on any atom is 0.159 e. The van der Waals surface area contributed by atoms with Crippen molar-refractivity contribution >= 4 is 34.2 Å². The van der Waals surface area contributed by atoms with Gasteiger partial charge >= 0.3 is 0 Å². The summed E-state index contributed by atoms with van der Waals surface area (Å²) < 4.78 is 0. The van der Waals surface area contributed by atoms with Crippen LogP contribution in [0.4, 0.5) is 0 Å². The third kappa shape index (κ3) is 4.63. The Hall–Kier alpha value is -5.61. The summed E-state index contributed by atoms with van der Waals surface area (Å²) in [7, 11) is 0. The van der Waals surface area contributed by atoms with Gasteiger partial charge in [0.2, 0.25) is 0 Å². The average molecular weight is 553 g/mol. The normalized spacial score (nSPS) is 18.8. The van der Waals surface area contributed by atoms with Gasteiger partial charge in [-0.3, -0.25) is 4.99 Å².